The third kappa shape index (κ3) is 2.96. The second-order valence-electron chi connectivity index (χ2n) is 3.93. The molecule has 2 rings (SSSR count). The Kier molecular flexibility index (Phi) is 3.90. The van der Waals surface area contributed by atoms with Crippen molar-refractivity contribution in [3.8, 4) is 0 Å². The molecule has 0 amide bonds. The molecule has 0 aromatic heterocycles. The second-order valence-corrected chi connectivity index (χ2v) is 4.34. The first-order valence-corrected chi connectivity index (χ1v) is 5.78. The average Bonchev–Trinajstić information content (AvgIpc) is 2.33. The minimum absolute atomic E-state index is 0.0539. The molecule has 0 aliphatic heterocycles. The fourth-order valence-electron chi connectivity index (χ4n) is 1.70. The van der Waals surface area contributed by atoms with Crippen molar-refractivity contribution in [1.82, 2.24) is 0 Å². The zero-order valence-corrected chi connectivity index (χ0v) is 10.3. The van der Waals surface area contributed by atoms with Gasteiger partial charge in [0.2, 0.25) is 0 Å². The summed E-state index contributed by atoms with van der Waals surface area (Å²) in [5.41, 5.74) is -0.447. The number of Topliss-reactive ketones (excluding diaryl/α,β-unsaturated/α-hetero) is 1. The van der Waals surface area contributed by atoms with E-state index in [1.165, 1.54) is 12.1 Å². The molecule has 0 aliphatic rings. The number of carbonyl (C=O) groups excluding carboxylic acids is 1. The van der Waals surface area contributed by atoms with Crippen molar-refractivity contribution in [2.75, 3.05) is 0 Å². The van der Waals surface area contributed by atoms with Crippen LogP contribution in [0.3, 0.4) is 0 Å². The first kappa shape index (κ1) is 13.6. The summed E-state index contributed by atoms with van der Waals surface area (Å²) >= 11 is 5.73. The van der Waals surface area contributed by atoms with Crippen LogP contribution in [0.15, 0.2) is 36.4 Å². The molecule has 0 heterocycles. The number of hydrogen-bond donors (Lipinski definition) is 0. The lowest BCUT2D eigenvalue weighted by molar-refractivity contribution is 0.0988. The van der Waals surface area contributed by atoms with Crippen LogP contribution in [0.4, 0.5) is 13.2 Å². The van der Waals surface area contributed by atoms with Crippen LogP contribution in [0.1, 0.15) is 15.9 Å². The van der Waals surface area contributed by atoms with Crippen LogP contribution in [0, 0.1) is 17.5 Å². The summed E-state index contributed by atoms with van der Waals surface area (Å²) < 4.78 is 39.9. The molecule has 0 spiro atoms. The predicted octanol–water partition coefficient (Wildman–Crippen LogP) is 4.18. The van der Waals surface area contributed by atoms with Gasteiger partial charge in [0, 0.05) is 6.42 Å². The Balaban J connectivity index is 2.34. The summed E-state index contributed by atoms with van der Waals surface area (Å²) in [6.07, 6.45) is -0.454. The topological polar surface area (TPSA) is 17.1 Å². The maximum atomic E-state index is 13.5. The fraction of sp³-hybridized carbons (Fsp3) is 0.0714. The third-order valence-electron chi connectivity index (χ3n) is 2.60. The van der Waals surface area contributed by atoms with Crippen LogP contribution < -0.4 is 0 Å². The Labute approximate surface area is 112 Å². The van der Waals surface area contributed by atoms with E-state index < -0.39 is 29.7 Å². The molecule has 5 heteroatoms. The quantitative estimate of drug-likeness (QED) is 0.773. The van der Waals surface area contributed by atoms with Gasteiger partial charge in [0.05, 0.1) is 10.6 Å². The van der Waals surface area contributed by atoms with Gasteiger partial charge in [-0.15, -0.1) is 0 Å². The molecule has 0 N–H and O–H groups in total. The van der Waals surface area contributed by atoms with Gasteiger partial charge < -0.3 is 0 Å². The standard InChI is InChI=1S/C14H8ClF3O/c15-10-2-1-3-12(18)14(10)13(19)7-8-6-9(16)4-5-11(8)17/h1-6H,7H2. The molecule has 98 valence electrons. The maximum absolute atomic E-state index is 13.5. The predicted molar refractivity (Wildman–Crippen MR) is 65.8 cm³/mol. The summed E-state index contributed by atoms with van der Waals surface area (Å²) in [5.74, 6) is -2.87. The number of carbonyl (C=O) groups is 1. The number of benzene rings is 2. The summed E-state index contributed by atoms with van der Waals surface area (Å²) in [6, 6.07) is 6.57. The van der Waals surface area contributed by atoms with Gasteiger partial charge in [0.1, 0.15) is 17.5 Å². The van der Waals surface area contributed by atoms with E-state index in [0.29, 0.717) is 0 Å². The molecule has 1 nitrogen and oxygen atoms in total. The highest BCUT2D eigenvalue weighted by molar-refractivity contribution is 6.34. The molecule has 0 saturated carbocycles. The third-order valence-corrected chi connectivity index (χ3v) is 2.92. The van der Waals surface area contributed by atoms with E-state index in [-0.39, 0.29) is 16.1 Å². The van der Waals surface area contributed by atoms with Crippen molar-refractivity contribution in [2.45, 2.75) is 6.42 Å². The molecule has 19 heavy (non-hydrogen) atoms. The summed E-state index contributed by atoms with van der Waals surface area (Å²) in [4.78, 5) is 11.9. The highest BCUT2D eigenvalue weighted by atomic mass is 35.5. The summed E-state index contributed by atoms with van der Waals surface area (Å²) in [7, 11) is 0. The molecular formula is C14H8ClF3O. The molecule has 0 aliphatic carbocycles. The largest absolute Gasteiger partial charge is 0.294 e. The number of halogens is 4. The Morgan fingerprint density at radius 2 is 1.79 bits per heavy atom. The van der Waals surface area contributed by atoms with Gasteiger partial charge in [-0.25, -0.2) is 13.2 Å². The van der Waals surface area contributed by atoms with Crippen molar-refractivity contribution in [2.24, 2.45) is 0 Å². The van der Waals surface area contributed by atoms with Crippen LogP contribution in [-0.2, 0) is 6.42 Å². The normalized spacial score (nSPS) is 10.5. The van der Waals surface area contributed by atoms with Crippen molar-refractivity contribution in [3.63, 3.8) is 0 Å². The molecule has 0 fully saturated rings. The molecule has 2 aromatic rings. The lowest BCUT2D eigenvalue weighted by atomic mass is 10.0. The first-order chi connectivity index (χ1) is 8.99. The Bertz CT molecular complexity index is 620. The van der Waals surface area contributed by atoms with Crippen LogP contribution in [-0.4, -0.2) is 5.78 Å². The average molecular weight is 285 g/mol. The van der Waals surface area contributed by atoms with Gasteiger partial charge in [-0.3, -0.25) is 4.79 Å². The smallest absolute Gasteiger partial charge is 0.171 e. The Morgan fingerprint density at radius 1 is 1.05 bits per heavy atom. The first-order valence-electron chi connectivity index (χ1n) is 5.40. The number of rotatable bonds is 3. The van der Waals surface area contributed by atoms with Crippen molar-refractivity contribution >= 4 is 17.4 Å². The van der Waals surface area contributed by atoms with Gasteiger partial charge in [-0.1, -0.05) is 17.7 Å². The molecule has 0 bridgehead atoms. The van der Waals surface area contributed by atoms with Crippen molar-refractivity contribution in [3.05, 3.63) is 70.0 Å². The van der Waals surface area contributed by atoms with Gasteiger partial charge >= 0.3 is 0 Å². The molecule has 2 aromatic carbocycles. The van der Waals surface area contributed by atoms with E-state index in [0.717, 1.165) is 24.3 Å². The Hall–Kier alpha value is -1.81. The second kappa shape index (κ2) is 5.45. The summed E-state index contributed by atoms with van der Waals surface area (Å²) in [6.45, 7) is 0. The monoisotopic (exact) mass is 284 g/mol. The van der Waals surface area contributed by atoms with Crippen molar-refractivity contribution in [1.29, 1.82) is 0 Å². The lowest BCUT2D eigenvalue weighted by Gasteiger charge is -2.06. The van der Waals surface area contributed by atoms with Gasteiger partial charge in [-0.05, 0) is 35.9 Å². The van der Waals surface area contributed by atoms with Gasteiger partial charge in [-0.2, -0.15) is 0 Å². The lowest BCUT2D eigenvalue weighted by Crippen LogP contribution is -2.08. The van der Waals surface area contributed by atoms with E-state index in [1.54, 1.807) is 0 Å². The minimum atomic E-state index is -0.783. The summed E-state index contributed by atoms with van der Waals surface area (Å²) in [5, 5.41) is -0.0539. The van der Waals surface area contributed by atoms with E-state index in [9.17, 15) is 18.0 Å². The highest BCUT2D eigenvalue weighted by Crippen LogP contribution is 2.22. The highest BCUT2D eigenvalue weighted by Gasteiger charge is 2.17. The molecule has 0 unspecified atom stereocenters. The number of hydrogen-bond acceptors (Lipinski definition) is 1. The minimum Gasteiger partial charge on any atom is -0.294 e. The van der Waals surface area contributed by atoms with Crippen LogP contribution in [0.2, 0.25) is 5.02 Å². The SMILES string of the molecule is O=C(Cc1cc(F)ccc1F)c1c(F)cccc1Cl. The van der Waals surface area contributed by atoms with Gasteiger partial charge in [0.15, 0.2) is 5.78 Å². The van der Waals surface area contributed by atoms with E-state index in [2.05, 4.69) is 0 Å². The van der Waals surface area contributed by atoms with Crippen LogP contribution >= 0.6 is 11.6 Å². The molecular weight excluding hydrogens is 277 g/mol. The molecule has 0 radical (unpaired) electrons. The number of ketones is 1. The zero-order valence-electron chi connectivity index (χ0n) is 9.59. The fourth-order valence-corrected chi connectivity index (χ4v) is 1.97. The van der Waals surface area contributed by atoms with Crippen LogP contribution in [0.25, 0.3) is 0 Å². The Morgan fingerprint density at radius 3 is 2.47 bits per heavy atom. The van der Waals surface area contributed by atoms with Crippen LogP contribution in [0.5, 0.6) is 0 Å². The van der Waals surface area contributed by atoms with E-state index in [4.69, 9.17) is 11.6 Å². The zero-order chi connectivity index (χ0) is 14.0. The maximum Gasteiger partial charge on any atom is 0.171 e. The van der Waals surface area contributed by atoms with Gasteiger partial charge in [0.25, 0.3) is 0 Å². The van der Waals surface area contributed by atoms with E-state index in [1.807, 2.05) is 0 Å². The van der Waals surface area contributed by atoms with E-state index >= 15 is 0 Å². The molecule has 0 atom stereocenters. The van der Waals surface area contributed by atoms with Crippen molar-refractivity contribution < 1.29 is 18.0 Å². The molecule has 0 saturated heterocycles.